The molecule has 0 spiro atoms. The molecule has 0 unspecified atom stereocenters. The van der Waals surface area contributed by atoms with Gasteiger partial charge >= 0.3 is 0 Å². The average Bonchev–Trinajstić information content (AvgIpc) is 2.25. The molecule has 2 aromatic rings. The van der Waals surface area contributed by atoms with Gasteiger partial charge in [0.05, 0.1) is 5.02 Å². The molecule has 1 aromatic heterocycles. The van der Waals surface area contributed by atoms with Gasteiger partial charge in [0, 0.05) is 29.4 Å². The number of aromatic nitrogens is 1. The molecular weight excluding hydrogens is 233 g/mol. The second-order valence-electron chi connectivity index (χ2n) is 2.77. The summed E-state index contributed by atoms with van der Waals surface area (Å²) < 4.78 is 5.44. The lowest BCUT2D eigenvalue weighted by Gasteiger charge is -2.06. The van der Waals surface area contributed by atoms with Crippen LogP contribution in [0.5, 0.6) is 11.6 Å². The predicted octanol–water partition coefficient (Wildman–Crippen LogP) is 3.98. The molecule has 0 fully saturated rings. The van der Waals surface area contributed by atoms with E-state index in [-0.39, 0.29) is 0 Å². The van der Waals surface area contributed by atoms with Crippen LogP contribution in [0.4, 0.5) is 0 Å². The zero-order valence-corrected chi connectivity index (χ0v) is 9.09. The SMILES string of the molecule is Clc1ccc(Cl)c(Oc2cc[c]cn2)c1. The summed E-state index contributed by atoms with van der Waals surface area (Å²) in [6.07, 6.45) is 1.52. The number of nitrogens with zero attached hydrogens (tertiary/aromatic N) is 1. The van der Waals surface area contributed by atoms with Crippen molar-refractivity contribution in [1.29, 1.82) is 0 Å². The van der Waals surface area contributed by atoms with Crippen molar-refractivity contribution in [3.8, 4) is 11.6 Å². The van der Waals surface area contributed by atoms with E-state index < -0.39 is 0 Å². The number of benzene rings is 1. The molecule has 2 rings (SSSR count). The third-order valence-corrected chi connectivity index (χ3v) is 2.24. The van der Waals surface area contributed by atoms with Crippen molar-refractivity contribution in [3.63, 3.8) is 0 Å². The minimum atomic E-state index is 0.456. The van der Waals surface area contributed by atoms with Gasteiger partial charge in [-0.25, -0.2) is 4.98 Å². The van der Waals surface area contributed by atoms with Crippen LogP contribution in [0.3, 0.4) is 0 Å². The topological polar surface area (TPSA) is 22.1 Å². The maximum Gasteiger partial charge on any atom is 0.219 e. The fraction of sp³-hybridized carbons (Fsp3) is 0. The van der Waals surface area contributed by atoms with Gasteiger partial charge in [-0.05, 0) is 18.2 Å². The Morgan fingerprint density at radius 1 is 1.20 bits per heavy atom. The quantitative estimate of drug-likeness (QED) is 0.790. The molecule has 0 bridgehead atoms. The van der Waals surface area contributed by atoms with Crippen molar-refractivity contribution < 1.29 is 4.74 Å². The molecule has 0 aliphatic carbocycles. The summed E-state index contributed by atoms with van der Waals surface area (Å²) in [4.78, 5) is 3.97. The Balaban J connectivity index is 2.28. The molecule has 0 saturated heterocycles. The van der Waals surface area contributed by atoms with Crippen LogP contribution < -0.4 is 4.74 Å². The largest absolute Gasteiger partial charge is 0.437 e. The van der Waals surface area contributed by atoms with Crippen molar-refractivity contribution in [2.75, 3.05) is 0 Å². The molecule has 1 radical (unpaired) electrons. The van der Waals surface area contributed by atoms with Gasteiger partial charge in [0.1, 0.15) is 5.75 Å². The average molecular weight is 239 g/mol. The van der Waals surface area contributed by atoms with Crippen LogP contribution in [0.2, 0.25) is 10.0 Å². The fourth-order valence-electron chi connectivity index (χ4n) is 1.03. The molecule has 1 heterocycles. The fourth-order valence-corrected chi connectivity index (χ4v) is 1.35. The molecule has 0 atom stereocenters. The van der Waals surface area contributed by atoms with E-state index >= 15 is 0 Å². The number of rotatable bonds is 2. The summed E-state index contributed by atoms with van der Waals surface area (Å²) in [5.41, 5.74) is 0. The number of pyridine rings is 1. The summed E-state index contributed by atoms with van der Waals surface area (Å²) in [6.45, 7) is 0. The van der Waals surface area contributed by atoms with Crippen LogP contribution in [-0.4, -0.2) is 4.98 Å². The van der Waals surface area contributed by atoms with E-state index in [1.807, 2.05) is 0 Å². The Morgan fingerprint density at radius 3 is 2.80 bits per heavy atom. The van der Waals surface area contributed by atoms with E-state index in [4.69, 9.17) is 27.9 Å². The predicted molar refractivity (Wildman–Crippen MR) is 59.6 cm³/mol. The molecule has 0 aliphatic rings. The Hall–Kier alpha value is -1.25. The molecule has 15 heavy (non-hydrogen) atoms. The highest BCUT2D eigenvalue weighted by atomic mass is 35.5. The lowest BCUT2D eigenvalue weighted by atomic mass is 10.3. The van der Waals surface area contributed by atoms with E-state index in [1.165, 1.54) is 6.20 Å². The standard InChI is InChI=1S/C11H6Cl2NO/c12-8-4-5-9(13)10(7-8)15-11-3-1-2-6-14-11/h1,3-7H. The zero-order chi connectivity index (χ0) is 10.7. The van der Waals surface area contributed by atoms with Crippen molar-refractivity contribution >= 4 is 23.2 Å². The van der Waals surface area contributed by atoms with Crippen LogP contribution in [0, 0.1) is 6.07 Å². The number of halogens is 2. The van der Waals surface area contributed by atoms with Gasteiger partial charge < -0.3 is 4.74 Å². The number of hydrogen-bond donors (Lipinski definition) is 0. The number of hydrogen-bond acceptors (Lipinski definition) is 2. The molecule has 0 amide bonds. The highest BCUT2D eigenvalue weighted by molar-refractivity contribution is 6.34. The van der Waals surface area contributed by atoms with Crippen molar-refractivity contribution in [3.05, 3.63) is 52.6 Å². The summed E-state index contributed by atoms with van der Waals surface area (Å²) in [5, 5.41) is 1.06. The second kappa shape index (κ2) is 4.51. The first-order valence-electron chi connectivity index (χ1n) is 4.21. The lowest BCUT2D eigenvalue weighted by molar-refractivity contribution is 0.463. The number of ether oxygens (including phenoxy) is 1. The first kappa shape index (κ1) is 10.3. The second-order valence-corrected chi connectivity index (χ2v) is 3.62. The molecule has 0 N–H and O–H groups in total. The van der Waals surface area contributed by atoms with Gasteiger partial charge in [0.25, 0.3) is 0 Å². The van der Waals surface area contributed by atoms with Gasteiger partial charge in [-0.15, -0.1) is 0 Å². The molecular formula is C11H6Cl2NO. The molecule has 0 saturated carbocycles. The Morgan fingerprint density at radius 2 is 2.07 bits per heavy atom. The normalized spacial score (nSPS) is 10.0. The molecule has 0 aliphatic heterocycles. The maximum absolute atomic E-state index is 5.93. The van der Waals surface area contributed by atoms with Gasteiger partial charge in [-0.2, -0.15) is 0 Å². The van der Waals surface area contributed by atoms with Crippen LogP contribution in [0.15, 0.2) is 36.5 Å². The third kappa shape index (κ3) is 2.61. The highest BCUT2D eigenvalue weighted by Gasteiger charge is 2.04. The monoisotopic (exact) mass is 238 g/mol. The zero-order valence-electron chi connectivity index (χ0n) is 7.58. The van der Waals surface area contributed by atoms with Gasteiger partial charge in [0.2, 0.25) is 5.88 Å². The van der Waals surface area contributed by atoms with Crippen LogP contribution in [0.25, 0.3) is 0 Å². The van der Waals surface area contributed by atoms with Gasteiger partial charge in [-0.3, -0.25) is 0 Å². The van der Waals surface area contributed by atoms with Crippen LogP contribution >= 0.6 is 23.2 Å². The third-order valence-electron chi connectivity index (χ3n) is 1.70. The van der Waals surface area contributed by atoms with Crippen molar-refractivity contribution in [2.24, 2.45) is 0 Å². The maximum atomic E-state index is 5.93. The summed E-state index contributed by atoms with van der Waals surface area (Å²) in [5.74, 6) is 0.945. The molecule has 4 heteroatoms. The summed E-state index contributed by atoms with van der Waals surface area (Å²) in [7, 11) is 0. The Kier molecular flexibility index (Phi) is 3.09. The summed E-state index contributed by atoms with van der Waals surface area (Å²) in [6, 6.07) is 11.2. The van der Waals surface area contributed by atoms with Crippen LogP contribution in [0.1, 0.15) is 0 Å². The molecule has 75 valence electrons. The Bertz CT molecular complexity index is 459. The van der Waals surface area contributed by atoms with E-state index in [1.54, 1.807) is 30.3 Å². The molecule has 1 aromatic carbocycles. The smallest absolute Gasteiger partial charge is 0.219 e. The lowest BCUT2D eigenvalue weighted by Crippen LogP contribution is -1.87. The van der Waals surface area contributed by atoms with E-state index in [2.05, 4.69) is 11.1 Å². The summed E-state index contributed by atoms with van der Waals surface area (Å²) >= 11 is 11.7. The first-order chi connectivity index (χ1) is 7.25. The highest BCUT2D eigenvalue weighted by Crippen LogP contribution is 2.30. The van der Waals surface area contributed by atoms with E-state index in [0.29, 0.717) is 21.7 Å². The van der Waals surface area contributed by atoms with Crippen molar-refractivity contribution in [1.82, 2.24) is 4.98 Å². The van der Waals surface area contributed by atoms with Crippen LogP contribution in [-0.2, 0) is 0 Å². The first-order valence-corrected chi connectivity index (χ1v) is 4.96. The van der Waals surface area contributed by atoms with Gasteiger partial charge in [-0.1, -0.05) is 23.2 Å². The Labute approximate surface area is 97.4 Å². The minimum absolute atomic E-state index is 0.456. The van der Waals surface area contributed by atoms with E-state index in [9.17, 15) is 0 Å². The molecule has 2 nitrogen and oxygen atoms in total. The van der Waals surface area contributed by atoms with E-state index in [0.717, 1.165) is 0 Å². The van der Waals surface area contributed by atoms with Gasteiger partial charge in [0.15, 0.2) is 0 Å². The minimum Gasteiger partial charge on any atom is -0.437 e. The van der Waals surface area contributed by atoms with Crippen molar-refractivity contribution in [2.45, 2.75) is 0 Å².